The van der Waals surface area contributed by atoms with E-state index in [0.717, 1.165) is 12.0 Å². The van der Waals surface area contributed by atoms with Crippen LogP contribution in [-0.4, -0.2) is 27.2 Å². The second kappa shape index (κ2) is 8.97. The van der Waals surface area contributed by atoms with Crippen LogP contribution < -0.4 is 19.5 Å². The Bertz CT molecular complexity index is 685. The van der Waals surface area contributed by atoms with E-state index < -0.39 is 0 Å². The van der Waals surface area contributed by atoms with Crippen LogP contribution in [0.1, 0.15) is 24.5 Å². The molecule has 2 aromatic rings. The Morgan fingerprint density at radius 3 is 1.96 bits per heavy atom. The third kappa shape index (κ3) is 4.89. The van der Waals surface area contributed by atoms with Gasteiger partial charge >= 0.3 is 0 Å². The first-order chi connectivity index (χ1) is 12.1. The molecule has 0 saturated heterocycles. The normalized spacial score (nSPS) is 10.2. The van der Waals surface area contributed by atoms with Gasteiger partial charge in [0.05, 0.1) is 21.3 Å². The number of carbonyl (C=O) groups is 1. The average molecular weight is 343 g/mol. The van der Waals surface area contributed by atoms with E-state index in [9.17, 15) is 4.79 Å². The second-order valence-corrected chi connectivity index (χ2v) is 5.63. The van der Waals surface area contributed by atoms with Gasteiger partial charge in [0.2, 0.25) is 11.7 Å². The van der Waals surface area contributed by atoms with Crippen LogP contribution in [0.15, 0.2) is 36.4 Å². The minimum atomic E-state index is -0.0613. The predicted molar refractivity (Wildman–Crippen MR) is 98.9 cm³/mol. The van der Waals surface area contributed by atoms with Gasteiger partial charge in [0.1, 0.15) is 0 Å². The number of ether oxygens (including phenoxy) is 3. The highest BCUT2D eigenvalue weighted by Gasteiger charge is 2.14. The predicted octanol–water partition coefficient (Wildman–Crippen LogP) is 3.85. The molecule has 25 heavy (non-hydrogen) atoms. The van der Waals surface area contributed by atoms with Crippen LogP contribution in [0.4, 0.5) is 5.69 Å². The fourth-order valence-corrected chi connectivity index (χ4v) is 2.58. The van der Waals surface area contributed by atoms with Crippen molar-refractivity contribution in [1.29, 1.82) is 0 Å². The molecule has 5 heteroatoms. The highest BCUT2D eigenvalue weighted by molar-refractivity contribution is 5.91. The Kier molecular flexibility index (Phi) is 6.69. The highest BCUT2D eigenvalue weighted by atomic mass is 16.5. The molecule has 0 aliphatic heterocycles. The second-order valence-electron chi connectivity index (χ2n) is 5.63. The number of anilines is 1. The smallest absolute Gasteiger partial charge is 0.224 e. The Labute approximate surface area is 148 Å². The van der Waals surface area contributed by atoms with Gasteiger partial charge in [-0.15, -0.1) is 0 Å². The van der Waals surface area contributed by atoms with Crippen molar-refractivity contribution in [2.45, 2.75) is 26.2 Å². The maximum absolute atomic E-state index is 12.2. The third-order valence-corrected chi connectivity index (χ3v) is 4.02. The highest BCUT2D eigenvalue weighted by Crippen LogP contribution is 2.39. The van der Waals surface area contributed by atoms with Gasteiger partial charge in [0, 0.05) is 24.2 Å². The molecule has 1 amide bonds. The van der Waals surface area contributed by atoms with Crippen molar-refractivity contribution in [2.24, 2.45) is 0 Å². The fourth-order valence-electron chi connectivity index (χ4n) is 2.58. The van der Waals surface area contributed by atoms with Crippen molar-refractivity contribution < 1.29 is 19.0 Å². The van der Waals surface area contributed by atoms with E-state index in [4.69, 9.17) is 14.2 Å². The number of hydrogen-bond acceptors (Lipinski definition) is 4. The van der Waals surface area contributed by atoms with Gasteiger partial charge in [-0.3, -0.25) is 4.79 Å². The Balaban J connectivity index is 2.01. The lowest BCUT2D eigenvalue weighted by Gasteiger charge is -2.14. The molecular weight excluding hydrogens is 318 g/mol. The number of hydrogen-bond donors (Lipinski definition) is 1. The maximum Gasteiger partial charge on any atom is 0.224 e. The summed E-state index contributed by atoms with van der Waals surface area (Å²) >= 11 is 0. The van der Waals surface area contributed by atoms with Crippen LogP contribution in [0.25, 0.3) is 0 Å². The molecule has 0 saturated carbocycles. The van der Waals surface area contributed by atoms with E-state index in [2.05, 4.69) is 36.5 Å². The molecule has 0 unspecified atom stereocenters. The van der Waals surface area contributed by atoms with Gasteiger partial charge in [-0.2, -0.15) is 0 Å². The van der Waals surface area contributed by atoms with E-state index in [1.807, 2.05) is 0 Å². The molecule has 0 aromatic heterocycles. The van der Waals surface area contributed by atoms with Crippen LogP contribution >= 0.6 is 0 Å². The van der Waals surface area contributed by atoms with E-state index in [-0.39, 0.29) is 5.91 Å². The zero-order valence-corrected chi connectivity index (χ0v) is 15.2. The van der Waals surface area contributed by atoms with Crippen molar-refractivity contribution in [2.75, 3.05) is 26.6 Å². The lowest BCUT2D eigenvalue weighted by atomic mass is 10.1. The average Bonchev–Trinajstić information content (AvgIpc) is 2.65. The molecule has 1 N–H and O–H groups in total. The summed E-state index contributed by atoms with van der Waals surface area (Å²) in [7, 11) is 4.63. The first-order valence-corrected chi connectivity index (χ1v) is 8.29. The maximum atomic E-state index is 12.2. The van der Waals surface area contributed by atoms with Crippen LogP contribution in [-0.2, 0) is 17.6 Å². The summed E-state index contributed by atoms with van der Waals surface area (Å²) in [5.74, 6) is 1.45. The molecule has 0 aliphatic carbocycles. The van der Waals surface area contributed by atoms with Gasteiger partial charge < -0.3 is 19.5 Å². The Morgan fingerprint density at radius 1 is 0.920 bits per heavy atom. The van der Waals surface area contributed by atoms with E-state index in [1.54, 1.807) is 33.5 Å². The Hall–Kier alpha value is -2.69. The van der Waals surface area contributed by atoms with E-state index >= 15 is 0 Å². The monoisotopic (exact) mass is 343 g/mol. The summed E-state index contributed by atoms with van der Waals surface area (Å²) in [6.07, 6.45) is 2.12. The number of carbonyl (C=O) groups excluding carboxylic acids is 1. The minimum Gasteiger partial charge on any atom is -0.493 e. The summed E-state index contributed by atoms with van der Waals surface area (Å²) < 4.78 is 15.9. The molecule has 0 spiro atoms. The lowest BCUT2D eigenvalue weighted by molar-refractivity contribution is -0.116. The van der Waals surface area contributed by atoms with Crippen LogP contribution in [0.3, 0.4) is 0 Å². The number of amides is 1. The lowest BCUT2D eigenvalue weighted by Crippen LogP contribution is -2.12. The summed E-state index contributed by atoms with van der Waals surface area (Å²) in [5.41, 5.74) is 3.06. The van der Waals surface area contributed by atoms with Crippen LogP contribution in [0.5, 0.6) is 17.2 Å². The molecule has 2 rings (SSSR count). The largest absolute Gasteiger partial charge is 0.493 e. The molecule has 0 atom stereocenters. The minimum absolute atomic E-state index is 0.0613. The van der Waals surface area contributed by atoms with Crippen molar-refractivity contribution in [3.63, 3.8) is 0 Å². The van der Waals surface area contributed by atoms with Gasteiger partial charge in [-0.05, 0) is 24.0 Å². The molecule has 0 bridgehead atoms. The number of nitrogens with one attached hydrogen (secondary N) is 1. The zero-order valence-electron chi connectivity index (χ0n) is 15.2. The van der Waals surface area contributed by atoms with Crippen molar-refractivity contribution in [3.05, 3.63) is 47.5 Å². The summed E-state index contributed by atoms with van der Waals surface area (Å²) in [6, 6.07) is 11.8. The van der Waals surface area contributed by atoms with E-state index in [1.165, 1.54) is 5.56 Å². The standard InChI is InChI=1S/C20H25NO4/c1-5-14-6-8-15(9-7-14)10-11-19(22)21-16-12-17(23-2)20(25-4)18(13-16)24-3/h6-9,12-13H,5,10-11H2,1-4H3,(H,21,22). The molecule has 5 nitrogen and oxygen atoms in total. The van der Waals surface area contributed by atoms with Crippen molar-refractivity contribution in [3.8, 4) is 17.2 Å². The molecule has 0 fully saturated rings. The topological polar surface area (TPSA) is 56.8 Å². The number of methoxy groups -OCH3 is 3. The SMILES string of the molecule is CCc1ccc(CCC(=O)Nc2cc(OC)c(OC)c(OC)c2)cc1. The van der Waals surface area contributed by atoms with Gasteiger partial charge in [-0.25, -0.2) is 0 Å². The number of benzene rings is 2. The Morgan fingerprint density at radius 2 is 1.48 bits per heavy atom. The molecular formula is C20H25NO4. The molecule has 0 heterocycles. The number of aryl methyl sites for hydroxylation is 2. The van der Waals surface area contributed by atoms with Crippen LogP contribution in [0, 0.1) is 0 Å². The van der Waals surface area contributed by atoms with Gasteiger partial charge in [0.15, 0.2) is 11.5 Å². The van der Waals surface area contributed by atoms with Crippen LogP contribution in [0.2, 0.25) is 0 Å². The molecule has 134 valence electrons. The van der Waals surface area contributed by atoms with E-state index in [0.29, 0.717) is 35.8 Å². The van der Waals surface area contributed by atoms with Gasteiger partial charge in [0.25, 0.3) is 0 Å². The summed E-state index contributed by atoms with van der Waals surface area (Å²) in [6.45, 7) is 2.12. The molecule has 2 aromatic carbocycles. The number of rotatable bonds is 8. The van der Waals surface area contributed by atoms with Crippen molar-refractivity contribution in [1.82, 2.24) is 0 Å². The fraction of sp³-hybridized carbons (Fsp3) is 0.350. The van der Waals surface area contributed by atoms with Crippen molar-refractivity contribution >= 4 is 11.6 Å². The summed E-state index contributed by atoms with van der Waals surface area (Å²) in [4.78, 5) is 12.2. The summed E-state index contributed by atoms with van der Waals surface area (Å²) in [5, 5.41) is 2.88. The molecule has 0 radical (unpaired) electrons. The first-order valence-electron chi connectivity index (χ1n) is 8.29. The third-order valence-electron chi connectivity index (χ3n) is 4.02. The zero-order chi connectivity index (χ0) is 18.2. The molecule has 0 aliphatic rings. The first kappa shape index (κ1) is 18.6. The quantitative estimate of drug-likeness (QED) is 0.791. The van der Waals surface area contributed by atoms with Gasteiger partial charge in [-0.1, -0.05) is 31.2 Å².